The molecule has 0 aromatic carbocycles. The predicted octanol–water partition coefficient (Wildman–Crippen LogP) is 4.19. The van der Waals surface area contributed by atoms with Gasteiger partial charge in [-0.3, -0.25) is 0 Å². The molecule has 1 aliphatic heterocycles. The molecule has 5 rings (SSSR count). The van der Waals surface area contributed by atoms with Gasteiger partial charge in [0.05, 0.1) is 11.5 Å². The van der Waals surface area contributed by atoms with Gasteiger partial charge in [0.15, 0.2) is 5.82 Å². The lowest BCUT2D eigenvalue weighted by atomic mass is 9.70. The lowest BCUT2D eigenvalue weighted by molar-refractivity contribution is 0.271. The fourth-order valence-corrected chi connectivity index (χ4v) is 8.15. The van der Waals surface area contributed by atoms with Crippen LogP contribution in [-0.4, -0.2) is 50.2 Å². The Morgan fingerprint density at radius 3 is 2.84 bits per heavy atom. The van der Waals surface area contributed by atoms with Crippen molar-refractivity contribution < 1.29 is 0 Å². The Morgan fingerprint density at radius 1 is 1.35 bits per heavy atom. The first-order valence-electron chi connectivity index (χ1n) is 12.7. The molecule has 0 amide bonds. The first kappa shape index (κ1) is 25.6. The number of tetrazole rings is 1. The number of hydrogen-bond donors (Lipinski definition) is 3. The third-order valence-corrected chi connectivity index (χ3v) is 10.3. The number of likely N-dealkylation sites (tertiary alicyclic amines) is 1. The molecule has 2 aliphatic rings. The summed E-state index contributed by atoms with van der Waals surface area (Å²) in [6.45, 7) is 15.6. The van der Waals surface area contributed by atoms with Crippen LogP contribution in [0.5, 0.6) is 0 Å². The van der Waals surface area contributed by atoms with E-state index in [9.17, 15) is 5.26 Å². The normalized spacial score (nSPS) is 25.7. The Morgan fingerprint density at radius 2 is 2.14 bits per heavy atom. The molecule has 4 N–H and O–H groups in total. The number of aromatic amines is 1. The summed E-state index contributed by atoms with van der Waals surface area (Å²) in [6.07, 6.45) is 3.52. The smallest absolute Gasteiger partial charge is 0.189 e. The molecule has 37 heavy (non-hydrogen) atoms. The Hall–Kier alpha value is -3.00. The molecule has 0 radical (unpaired) electrons. The van der Waals surface area contributed by atoms with Crippen LogP contribution < -0.4 is 11.1 Å². The zero-order chi connectivity index (χ0) is 26.3. The Balaban J connectivity index is 1.48. The summed E-state index contributed by atoms with van der Waals surface area (Å²) in [5, 5.41) is 31.3. The van der Waals surface area contributed by atoms with Crippen molar-refractivity contribution in [3.63, 3.8) is 0 Å². The predicted molar refractivity (Wildman–Crippen MR) is 149 cm³/mol. The van der Waals surface area contributed by atoms with Crippen molar-refractivity contribution in [2.45, 2.75) is 70.0 Å². The summed E-state index contributed by atoms with van der Waals surface area (Å²) in [5.41, 5.74) is 9.54. The van der Waals surface area contributed by atoms with Gasteiger partial charge in [-0.2, -0.15) is 10.5 Å². The average molecular weight is 535 g/mol. The molecule has 0 saturated carbocycles. The van der Waals surface area contributed by atoms with Crippen molar-refractivity contribution in [1.29, 1.82) is 5.26 Å². The van der Waals surface area contributed by atoms with Crippen LogP contribution >= 0.6 is 22.7 Å². The molecule has 4 heterocycles. The van der Waals surface area contributed by atoms with Crippen LogP contribution in [0.25, 0.3) is 5.70 Å². The number of aryl methyl sites for hydroxylation is 2. The number of nitrogens with one attached hydrogen (secondary N) is 2. The van der Waals surface area contributed by atoms with Crippen LogP contribution in [0.4, 0.5) is 0 Å². The zero-order valence-corrected chi connectivity index (χ0v) is 23.3. The Kier molecular flexibility index (Phi) is 6.96. The average Bonchev–Trinajstić information content (AvgIpc) is 3.67. The summed E-state index contributed by atoms with van der Waals surface area (Å²) < 4.78 is 0. The van der Waals surface area contributed by atoms with E-state index in [-0.39, 0.29) is 12.1 Å². The summed E-state index contributed by atoms with van der Waals surface area (Å²) in [7, 11) is 0. The number of hydrogen-bond acceptors (Lipinski definition) is 9. The lowest BCUT2D eigenvalue weighted by Gasteiger charge is -2.35. The van der Waals surface area contributed by atoms with E-state index in [0.29, 0.717) is 30.0 Å². The minimum absolute atomic E-state index is 0.0919. The van der Waals surface area contributed by atoms with Crippen LogP contribution in [0, 0.1) is 17.2 Å². The van der Waals surface area contributed by atoms with E-state index in [1.165, 1.54) is 20.9 Å². The fourth-order valence-electron chi connectivity index (χ4n) is 6.07. The molecule has 1 aliphatic carbocycles. The maximum Gasteiger partial charge on any atom is 0.189 e. The number of nitrogens with two attached hydrogens (primary N) is 1. The largest absolute Gasteiger partial charge is 0.398 e. The van der Waals surface area contributed by atoms with Crippen molar-refractivity contribution in [3.05, 3.63) is 68.0 Å². The maximum absolute atomic E-state index is 9.70. The molecule has 3 aromatic heterocycles. The molecular formula is C27H34N8S2. The van der Waals surface area contributed by atoms with E-state index in [0.717, 1.165) is 36.3 Å². The van der Waals surface area contributed by atoms with Crippen LogP contribution in [0.2, 0.25) is 0 Å². The van der Waals surface area contributed by atoms with Gasteiger partial charge in [0, 0.05) is 44.7 Å². The van der Waals surface area contributed by atoms with Gasteiger partial charge in [0.2, 0.25) is 0 Å². The van der Waals surface area contributed by atoms with Gasteiger partial charge < -0.3 is 16.0 Å². The molecule has 3 aromatic rings. The van der Waals surface area contributed by atoms with Crippen LogP contribution in [0.1, 0.15) is 65.2 Å². The molecule has 8 nitrogen and oxygen atoms in total. The van der Waals surface area contributed by atoms with Gasteiger partial charge in [-0.15, -0.1) is 32.9 Å². The molecule has 3 unspecified atom stereocenters. The standard InChI is InChI=1S/C27H34N8S2/c1-15-10-20(13-28)35(19(15)5)17(3)14-30-16(2)12-27(26-31-33-34-32-26)21-8-9-36-23(21)6-7-24-22(27)11-25(37-24)18(4)29/h8-9,11,15-16,19-20,30H,3-4,6-7,10,12,14,29H2,1-2,5H3,(H,31,32,33,34)/t15-,16-,19?,20?,27?/m0/s1. The van der Waals surface area contributed by atoms with Gasteiger partial charge >= 0.3 is 0 Å². The number of rotatable bonds is 8. The minimum atomic E-state index is -0.573. The number of nitrogens with zero attached hydrogens (tertiary/aromatic N) is 5. The van der Waals surface area contributed by atoms with Crippen molar-refractivity contribution in [3.8, 4) is 6.07 Å². The van der Waals surface area contributed by atoms with Gasteiger partial charge in [-0.05, 0) is 74.1 Å². The minimum Gasteiger partial charge on any atom is -0.398 e. The van der Waals surface area contributed by atoms with Crippen LogP contribution in [-0.2, 0) is 18.3 Å². The van der Waals surface area contributed by atoms with Gasteiger partial charge in [0.1, 0.15) is 6.04 Å². The van der Waals surface area contributed by atoms with Crippen LogP contribution in [0.3, 0.4) is 0 Å². The molecule has 10 heteroatoms. The Bertz CT molecular complexity index is 1330. The third kappa shape index (κ3) is 4.39. The highest BCUT2D eigenvalue weighted by molar-refractivity contribution is 7.13. The SMILES string of the molecule is C=C(N)c1cc2c(s1)CCc1sccc1C2(C[C@H](C)NCC(=C)N1C(C#N)C[C@H](C)C1C)c1nn[nH]n1. The summed E-state index contributed by atoms with van der Waals surface area (Å²) >= 11 is 3.51. The first-order valence-corrected chi connectivity index (χ1v) is 14.4. The van der Waals surface area contributed by atoms with E-state index < -0.39 is 5.41 Å². The molecule has 194 valence electrons. The Labute approximate surface area is 226 Å². The molecule has 5 atom stereocenters. The van der Waals surface area contributed by atoms with Crippen molar-refractivity contribution in [2.24, 2.45) is 11.7 Å². The number of fused-ring (bicyclic) bond motifs is 2. The molecule has 1 fully saturated rings. The number of H-pyrrole nitrogens is 1. The second-order valence-corrected chi connectivity index (χ2v) is 12.6. The van der Waals surface area contributed by atoms with Crippen molar-refractivity contribution in [1.82, 2.24) is 30.8 Å². The van der Waals surface area contributed by atoms with Gasteiger partial charge in [-0.1, -0.05) is 25.3 Å². The number of aromatic nitrogens is 4. The first-order chi connectivity index (χ1) is 17.8. The quantitative estimate of drug-likeness (QED) is 0.396. The van der Waals surface area contributed by atoms with E-state index in [1.807, 2.05) is 0 Å². The van der Waals surface area contributed by atoms with E-state index in [2.05, 4.69) is 88.4 Å². The van der Waals surface area contributed by atoms with Crippen molar-refractivity contribution in [2.75, 3.05) is 6.54 Å². The number of thiophene rings is 2. The maximum atomic E-state index is 9.70. The zero-order valence-electron chi connectivity index (χ0n) is 21.6. The molecular weight excluding hydrogens is 500 g/mol. The van der Waals surface area contributed by atoms with Crippen LogP contribution in [0.15, 0.2) is 36.4 Å². The fraction of sp³-hybridized carbons (Fsp3) is 0.481. The highest BCUT2D eigenvalue weighted by Gasteiger charge is 2.47. The monoisotopic (exact) mass is 534 g/mol. The van der Waals surface area contributed by atoms with Gasteiger partial charge in [0.25, 0.3) is 0 Å². The van der Waals surface area contributed by atoms with E-state index in [1.54, 1.807) is 22.7 Å². The second-order valence-electron chi connectivity index (χ2n) is 10.4. The summed E-state index contributed by atoms with van der Waals surface area (Å²) in [4.78, 5) is 5.83. The summed E-state index contributed by atoms with van der Waals surface area (Å²) in [5.74, 6) is 1.13. The van der Waals surface area contributed by atoms with E-state index >= 15 is 0 Å². The molecule has 1 saturated heterocycles. The second kappa shape index (κ2) is 10.0. The summed E-state index contributed by atoms with van der Waals surface area (Å²) in [6, 6.07) is 7.14. The highest BCUT2D eigenvalue weighted by Crippen LogP contribution is 2.50. The third-order valence-electron chi connectivity index (χ3n) is 8.07. The molecule has 0 bridgehead atoms. The van der Waals surface area contributed by atoms with Gasteiger partial charge in [-0.25, -0.2) is 0 Å². The molecule has 0 spiro atoms. The van der Waals surface area contributed by atoms with Crippen molar-refractivity contribution >= 4 is 28.4 Å². The lowest BCUT2D eigenvalue weighted by Crippen LogP contribution is -2.43. The topological polar surface area (TPSA) is 120 Å². The number of nitriles is 1. The highest BCUT2D eigenvalue weighted by atomic mass is 32.1. The van der Waals surface area contributed by atoms with E-state index in [4.69, 9.17) is 5.73 Å².